The lowest BCUT2D eigenvalue weighted by Crippen LogP contribution is -2.50. The highest BCUT2D eigenvalue weighted by Crippen LogP contribution is 2.16. The predicted molar refractivity (Wildman–Crippen MR) is 70.1 cm³/mol. The Balaban J connectivity index is 1.95. The van der Waals surface area contributed by atoms with E-state index in [1.165, 1.54) is 12.0 Å². The number of likely N-dealkylation sites (N-methyl/N-ethyl adjacent to an activating group) is 1. The molecule has 0 aliphatic carbocycles. The van der Waals surface area contributed by atoms with Crippen molar-refractivity contribution in [2.24, 2.45) is 0 Å². The summed E-state index contributed by atoms with van der Waals surface area (Å²) < 4.78 is 0. The number of piperazine rings is 1. The lowest BCUT2D eigenvalue weighted by atomic mass is 10.1. The molecule has 94 valence electrons. The summed E-state index contributed by atoms with van der Waals surface area (Å²) in [5.74, 6) is 0.365. The summed E-state index contributed by atoms with van der Waals surface area (Å²) in [6.07, 6.45) is 1.20. The molecule has 1 N–H and O–H groups in total. The fourth-order valence-corrected chi connectivity index (χ4v) is 2.51. The van der Waals surface area contributed by atoms with Crippen LogP contribution < -0.4 is 0 Å². The molecule has 0 bridgehead atoms. The first kappa shape index (κ1) is 12.4. The van der Waals surface area contributed by atoms with E-state index in [9.17, 15) is 5.11 Å². The molecule has 0 saturated carbocycles. The Morgan fingerprint density at radius 2 is 2.18 bits per heavy atom. The summed E-state index contributed by atoms with van der Waals surface area (Å²) >= 11 is 0. The van der Waals surface area contributed by atoms with E-state index in [2.05, 4.69) is 29.8 Å². The van der Waals surface area contributed by atoms with Crippen LogP contribution in [0.25, 0.3) is 0 Å². The Kier molecular flexibility index (Phi) is 4.02. The van der Waals surface area contributed by atoms with E-state index in [1.807, 2.05) is 12.1 Å². The van der Waals surface area contributed by atoms with Gasteiger partial charge in [0, 0.05) is 32.2 Å². The summed E-state index contributed by atoms with van der Waals surface area (Å²) in [6.45, 7) is 6.57. The van der Waals surface area contributed by atoms with E-state index in [0.29, 0.717) is 11.8 Å². The number of hydrogen-bond donors (Lipinski definition) is 1. The minimum absolute atomic E-state index is 0.365. The van der Waals surface area contributed by atoms with Crippen LogP contribution in [-0.2, 0) is 6.54 Å². The van der Waals surface area contributed by atoms with Crippen molar-refractivity contribution in [3.8, 4) is 5.75 Å². The quantitative estimate of drug-likeness (QED) is 0.865. The molecule has 0 aromatic heterocycles. The smallest absolute Gasteiger partial charge is 0.115 e. The van der Waals surface area contributed by atoms with Crippen molar-refractivity contribution in [3.63, 3.8) is 0 Å². The van der Waals surface area contributed by atoms with E-state index in [-0.39, 0.29) is 0 Å². The Bertz CT molecular complexity index is 367. The van der Waals surface area contributed by atoms with Gasteiger partial charge in [-0.3, -0.25) is 4.90 Å². The van der Waals surface area contributed by atoms with Gasteiger partial charge in [0.25, 0.3) is 0 Å². The number of phenols is 1. The van der Waals surface area contributed by atoms with Gasteiger partial charge in [-0.25, -0.2) is 0 Å². The largest absolute Gasteiger partial charge is 0.508 e. The van der Waals surface area contributed by atoms with Gasteiger partial charge in [-0.2, -0.15) is 0 Å². The summed E-state index contributed by atoms with van der Waals surface area (Å²) in [4.78, 5) is 4.92. The summed E-state index contributed by atoms with van der Waals surface area (Å²) in [6, 6.07) is 8.25. The van der Waals surface area contributed by atoms with Crippen LogP contribution in [0.1, 0.15) is 18.9 Å². The van der Waals surface area contributed by atoms with Crippen LogP contribution in [0.15, 0.2) is 24.3 Å². The molecule has 1 saturated heterocycles. The van der Waals surface area contributed by atoms with Gasteiger partial charge < -0.3 is 10.0 Å². The first-order valence-electron chi connectivity index (χ1n) is 6.39. The molecule has 1 aliphatic heterocycles. The molecule has 1 heterocycles. The molecular weight excluding hydrogens is 212 g/mol. The molecule has 1 atom stereocenters. The SMILES string of the molecule is CCC1CN(Cc2cccc(O)c2)CCN1C. The zero-order valence-corrected chi connectivity index (χ0v) is 10.8. The topological polar surface area (TPSA) is 26.7 Å². The molecule has 2 rings (SSSR count). The van der Waals surface area contributed by atoms with Crippen LogP contribution in [0.5, 0.6) is 5.75 Å². The molecule has 1 aliphatic rings. The first-order valence-corrected chi connectivity index (χ1v) is 6.39. The minimum atomic E-state index is 0.365. The van der Waals surface area contributed by atoms with Crippen LogP contribution in [0.3, 0.4) is 0 Å². The van der Waals surface area contributed by atoms with Crippen LogP contribution in [0, 0.1) is 0 Å². The van der Waals surface area contributed by atoms with E-state index >= 15 is 0 Å². The zero-order chi connectivity index (χ0) is 12.3. The third-order valence-electron chi connectivity index (χ3n) is 3.65. The average Bonchev–Trinajstić information content (AvgIpc) is 2.32. The number of benzene rings is 1. The van der Waals surface area contributed by atoms with Crippen LogP contribution in [-0.4, -0.2) is 47.6 Å². The van der Waals surface area contributed by atoms with Crippen molar-refractivity contribution in [1.82, 2.24) is 9.80 Å². The van der Waals surface area contributed by atoms with Gasteiger partial charge >= 0.3 is 0 Å². The maximum Gasteiger partial charge on any atom is 0.115 e. The molecule has 3 nitrogen and oxygen atoms in total. The average molecular weight is 234 g/mol. The molecule has 0 radical (unpaired) electrons. The second-order valence-electron chi connectivity index (χ2n) is 4.95. The highest BCUT2D eigenvalue weighted by atomic mass is 16.3. The summed E-state index contributed by atoms with van der Waals surface area (Å²) in [7, 11) is 2.21. The van der Waals surface area contributed by atoms with Crippen molar-refractivity contribution in [1.29, 1.82) is 0 Å². The zero-order valence-electron chi connectivity index (χ0n) is 10.8. The molecular formula is C14H22N2O. The number of phenolic OH excluding ortho intramolecular Hbond substituents is 1. The molecule has 1 aromatic carbocycles. The molecule has 3 heteroatoms. The molecule has 17 heavy (non-hydrogen) atoms. The van der Waals surface area contributed by atoms with E-state index in [1.54, 1.807) is 6.07 Å². The fraction of sp³-hybridized carbons (Fsp3) is 0.571. The van der Waals surface area contributed by atoms with Crippen LogP contribution in [0.2, 0.25) is 0 Å². The van der Waals surface area contributed by atoms with Gasteiger partial charge in [0.05, 0.1) is 0 Å². The number of rotatable bonds is 3. The fourth-order valence-electron chi connectivity index (χ4n) is 2.51. The van der Waals surface area contributed by atoms with Crippen molar-refractivity contribution in [2.45, 2.75) is 25.9 Å². The Hall–Kier alpha value is -1.06. The number of nitrogens with zero attached hydrogens (tertiary/aromatic N) is 2. The third kappa shape index (κ3) is 3.20. The second-order valence-corrected chi connectivity index (χ2v) is 4.95. The van der Waals surface area contributed by atoms with E-state index in [4.69, 9.17) is 0 Å². The van der Waals surface area contributed by atoms with E-state index in [0.717, 1.165) is 26.2 Å². The summed E-state index contributed by atoms with van der Waals surface area (Å²) in [5.41, 5.74) is 1.20. The monoisotopic (exact) mass is 234 g/mol. The predicted octanol–water partition coefficient (Wildman–Crippen LogP) is 1.92. The normalized spacial score (nSPS) is 22.8. The Labute approximate surface area is 104 Å². The molecule has 1 unspecified atom stereocenters. The maximum absolute atomic E-state index is 9.46. The van der Waals surface area contributed by atoms with Gasteiger partial charge in [-0.15, -0.1) is 0 Å². The molecule has 1 fully saturated rings. The van der Waals surface area contributed by atoms with Gasteiger partial charge in [0.15, 0.2) is 0 Å². The lowest BCUT2D eigenvalue weighted by Gasteiger charge is -2.39. The van der Waals surface area contributed by atoms with Gasteiger partial charge in [0.2, 0.25) is 0 Å². The molecule has 0 spiro atoms. The first-order chi connectivity index (χ1) is 8.19. The minimum Gasteiger partial charge on any atom is -0.508 e. The standard InChI is InChI=1S/C14H22N2O/c1-3-13-11-16(8-7-15(13)2)10-12-5-4-6-14(17)9-12/h4-6,9,13,17H,3,7-8,10-11H2,1-2H3. The van der Waals surface area contributed by atoms with Crippen LogP contribution in [0.4, 0.5) is 0 Å². The maximum atomic E-state index is 9.46. The van der Waals surface area contributed by atoms with Crippen molar-refractivity contribution < 1.29 is 5.11 Å². The van der Waals surface area contributed by atoms with Crippen molar-refractivity contribution in [2.75, 3.05) is 26.7 Å². The lowest BCUT2D eigenvalue weighted by molar-refractivity contribution is 0.0883. The Morgan fingerprint density at radius 3 is 2.88 bits per heavy atom. The number of aromatic hydroxyl groups is 1. The van der Waals surface area contributed by atoms with Crippen molar-refractivity contribution in [3.05, 3.63) is 29.8 Å². The second kappa shape index (κ2) is 5.52. The van der Waals surface area contributed by atoms with Gasteiger partial charge in [0.1, 0.15) is 5.75 Å². The van der Waals surface area contributed by atoms with Crippen molar-refractivity contribution >= 4 is 0 Å². The van der Waals surface area contributed by atoms with E-state index < -0.39 is 0 Å². The summed E-state index contributed by atoms with van der Waals surface area (Å²) in [5, 5.41) is 9.46. The van der Waals surface area contributed by atoms with Crippen LogP contribution >= 0.6 is 0 Å². The van der Waals surface area contributed by atoms with Gasteiger partial charge in [-0.05, 0) is 31.2 Å². The Morgan fingerprint density at radius 1 is 1.35 bits per heavy atom. The third-order valence-corrected chi connectivity index (χ3v) is 3.65. The molecule has 1 aromatic rings. The number of hydrogen-bond acceptors (Lipinski definition) is 3. The van der Waals surface area contributed by atoms with Gasteiger partial charge in [-0.1, -0.05) is 19.1 Å². The molecule has 0 amide bonds. The highest BCUT2D eigenvalue weighted by molar-refractivity contribution is 5.27. The highest BCUT2D eigenvalue weighted by Gasteiger charge is 2.22.